The minimum atomic E-state index is -0.457. The maximum Gasteiger partial charge on any atom is 0.0761 e. The zero-order valence-corrected chi connectivity index (χ0v) is 14.3. The third-order valence-corrected chi connectivity index (χ3v) is 6.17. The molecule has 1 aliphatic carbocycles. The van der Waals surface area contributed by atoms with E-state index in [1.54, 1.807) is 0 Å². The molecule has 0 amide bonds. The van der Waals surface area contributed by atoms with Crippen LogP contribution in [0.1, 0.15) is 37.3 Å². The third kappa shape index (κ3) is 2.25. The molecule has 0 heterocycles. The lowest BCUT2D eigenvalue weighted by molar-refractivity contribution is 0.0849. The summed E-state index contributed by atoms with van der Waals surface area (Å²) >= 11 is 0. The van der Waals surface area contributed by atoms with E-state index < -0.39 is 6.10 Å². The second-order valence-electron chi connectivity index (χ2n) is 7.57. The molecule has 0 unspecified atom stereocenters. The summed E-state index contributed by atoms with van der Waals surface area (Å²) in [5, 5.41) is 18.4. The van der Waals surface area contributed by atoms with Crippen molar-refractivity contribution in [1.82, 2.24) is 0 Å². The molecular formula is C23H23NO. The van der Waals surface area contributed by atoms with E-state index in [1.165, 1.54) is 45.2 Å². The highest BCUT2D eigenvalue weighted by Crippen LogP contribution is 2.39. The van der Waals surface area contributed by atoms with E-state index in [1.807, 2.05) is 0 Å². The Kier molecular flexibility index (Phi) is 3.44. The second kappa shape index (κ2) is 5.69. The van der Waals surface area contributed by atoms with Gasteiger partial charge in [0.15, 0.2) is 0 Å². The van der Waals surface area contributed by atoms with Crippen molar-refractivity contribution in [2.24, 2.45) is 11.7 Å². The van der Waals surface area contributed by atoms with Crippen molar-refractivity contribution < 1.29 is 5.11 Å². The first-order valence-electron chi connectivity index (χ1n) is 9.34. The van der Waals surface area contributed by atoms with E-state index in [-0.39, 0.29) is 6.04 Å². The molecule has 0 spiro atoms. The minimum Gasteiger partial charge on any atom is -0.391 e. The second-order valence-corrected chi connectivity index (χ2v) is 7.57. The monoisotopic (exact) mass is 329 g/mol. The van der Waals surface area contributed by atoms with E-state index in [0.29, 0.717) is 5.92 Å². The molecule has 25 heavy (non-hydrogen) atoms. The van der Waals surface area contributed by atoms with Crippen molar-refractivity contribution in [2.45, 2.75) is 37.8 Å². The van der Waals surface area contributed by atoms with Crippen LogP contribution in [-0.4, -0.2) is 11.2 Å². The molecule has 0 radical (unpaired) electrons. The lowest BCUT2D eigenvalue weighted by atomic mass is 9.86. The molecule has 126 valence electrons. The van der Waals surface area contributed by atoms with Crippen molar-refractivity contribution >= 4 is 32.3 Å². The lowest BCUT2D eigenvalue weighted by Gasteiger charge is -2.26. The van der Waals surface area contributed by atoms with Gasteiger partial charge >= 0.3 is 0 Å². The van der Waals surface area contributed by atoms with Crippen LogP contribution in [0.15, 0.2) is 54.6 Å². The Morgan fingerprint density at radius 1 is 0.800 bits per heavy atom. The molecule has 0 aromatic heterocycles. The summed E-state index contributed by atoms with van der Waals surface area (Å²) in [6.07, 6.45) is 4.17. The van der Waals surface area contributed by atoms with Gasteiger partial charge in [-0.15, -0.1) is 0 Å². The third-order valence-electron chi connectivity index (χ3n) is 6.17. The average Bonchev–Trinajstić information content (AvgIpc) is 3.19. The van der Waals surface area contributed by atoms with Gasteiger partial charge in [-0.25, -0.2) is 0 Å². The van der Waals surface area contributed by atoms with Gasteiger partial charge in [-0.1, -0.05) is 67.4 Å². The Morgan fingerprint density at radius 2 is 1.40 bits per heavy atom. The van der Waals surface area contributed by atoms with Crippen molar-refractivity contribution in [1.29, 1.82) is 0 Å². The predicted octanol–water partition coefficient (Wildman–Crippen LogP) is 5.13. The number of aliphatic hydroxyl groups is 1. The maximum atomic E-state index is 10.8. The Balaban J connectivity index is 1.73. The molecule has 1 fully saturated rings. The molecule has 2 nitrogen and oxygen atoms in total. The molecule has 5 rings (SSSR count). The van der Waals surface area contributed by atoms with Gasteiger partial charge in [0.2, 0.25) is 0 Å². The zero-order valence-electron chi connectivity index (χ0n) is 14.3. The number of rotatable bonds is 3. The molecule has 0 bridgehead atoms. The Hall–Kier alpha value is -2.16. The van der Waals surface area contributed by atoms with E-state index in [0.717, 1.165) is 18.4 Å². The molecule has 4 aromatic carbocycles. The van der Waals surface area contributed by atoms with Crippen molar-refractivity contribution in [3.05, 3.63) is 60.2 Å². The van der Waals surface area contributed by atoms with Crippen LogP contribution in [0.5, 0.6) is 0 Å². The molecular weight excluding hydrogens is 306 g/mol. The molecule has 0 aliphatic heterocycles. The van der Waals surface area contributed by atoms with Crippen LogP contribution in [0.2, 0.25) is 0 Å². The van der Waals surface area contributed by atoms with Gasteiger partial charge < -0.3 is 10.8 Å². The van der Waals surface area contributed by atoms with Crippen LogP contribution in [0.25, 0.3) is 32.3 Å². The first-order chi connectivity index (χ1) is 12.2. The molecule has 1 aliphatic rings. The van der Waals surface area contributed by atoms with E-state index in [2.05, 4.69) is 54.6 Å². The molecule has 1 saturated carbocycles. The molecule has 3 N–H and O–H groups in total. The number of nitrogens with two attached hydrogens (primary N) is 1. The number of aliphatic hydroxyl groups excluding tert-OH is 1. The van der Waals surface area contributed by atoms with Crippen LogP contribution in [0.3, 0.4) is 0 Å². The van der Waals surface area contributed by atoms with Crippen LogP contribution >= 0.6 is 0 Å². The Labute approximate surface area is 147 Å². The smallest absolute Gasteiger partial charge is 0.0761 e. The maximum absolute atomic E-state index is 10.8. The van der Waals surface area contributed by atoms with Gasteiger partial charge in [0.05, 0.1) is 12.1 Å². The summed E-state index contributed by atoms with van der Waals surface area (Å²) in [7, 11) is 0. The fourth-order valence-corrected chi connectivity index (χ4v) is 4.82. The highest BCUT2D eigenvalue weighted by Gasteiger charge is 2.29. The van der Waals surface area contributed by atoms with Crippen LogP contribution in [-0.2, 0) is 0 Å². The van der Waals surface area contributed by atoms with Gasteiger partial charge in [0.25, 0.3) is 0 Å². The van der Waals surface area contributed by atoms with Crippen molar-refractivity contribution in [3.8, 4) is 0 Å². The van der Waals surface area contributed by atoms with E-state index in [9.17, 15) is 5.11 Å². The standard InChI is InChI=1S/C23H23NO/c24-22(23(25)17-4-1-2-5-17)19-13-11-16-9-8-14-6-3-7-15-10-12-18(19)21(16)20(14)15/h3,6-13,17,22-23,25H,1-2,4-5,24H2/t22-,23+/m1/s1. The summed E-state index contributed by atoms with van der Waals surface area (Å²) in [5.74, 6) is 0.341. The highest BCUT2D eigenvalue weighted by atomic mass is 16.3. The summed E-state index contributed by atoms with van der Waals surface area (Å²) in [6, 6.07) is 19.1. The lowest BCUT2D eigenvalue weighted by Crippen LogP contribution is -2.32. The van der Waals surface area contributed by atoms with Crippen molar-refractivity contribution in [3.63, 3.8) is 0 Å². The van der Waals surface area contributed by atoms with Gasteiger partial charge in [0.1, 0.15) is 0 Å². The average molecular weight is 329 g/mol. The topological polar surface area (TPSA) is 46.2 Å². The number of hydrogen-bond acceptors (Lipinski definition) is 2. The minimum absolute atomic E-state index is 0.326. The molecule has 0 saturated heterocycles. The van der Waals surface area contributed by atoms with Gasteiger partial charge in [0, 0.05) is 0 Å². The zero-order chi connectivity index (χ0) is 17.0. The van der Waals surface area contributed by atoms with Gasteiger partial charge in [-0.2, -0.15) is 0 Å². The first-order valence-corrected chi connectivity index (χ1v) is 9.34. The van der Waals surface area contributed by atoms with Crippen LogP contribution < -0.4 is 5.73 Å². The molecule has 2 atom stereocenters. The molecule has 2 heteroatoms. The number of hydrogen-bond donors (Lipinski definition) is 2. The highest BCUT2D eigenvalue weighted by molar-refractivity contribution is 6.23. The SMILES string of the molecule is N[C@H](c1ccc2ccc3cccc4ccc1c2c34)[C@@H](O)C1CCCC1. The Bertz CT molecular complexity index is 1030. The van der Waals surface area contributed by atoms with E-state index >= 15 is 0 Å². The number of benzene rings is 4. The summed E-state index contributed by atoms with van der Waals surface area (Å²) in [5.41, 5.74) is 7.64. The summed E-state index contributed by atoms with van der Waals surface area (Å²) in [4.78, 5) is 0. The normalized spacial score (nSPS) is 18.5. The first kappa shape index (κ1) is 15.1. The van der Waals surface area contributed by atoms with Crippen LogP contribution in [0, 0.1) is 5.92 Å². The molecule has 4 aromatic rings. The van der Waals surface area contributed by atoms with Crippen molar-refractivity contribution in [2.75, 3.05) is 0 Å². The fraction of sp³-hybridized carbons (Fsp3) is 0.304. The van der Waals surface area contributed by atoms with Crippen LogP contribution in [0.4, 0.5) is 0 Å². The van der Waals surface area contributed by atoms with Gasteiger partial charge in [-0.05, 0) is 56.6 Å². The fourth-order valence-electron chi connectivity index (χ4n) is 4.82. The quantitative estimate of drug-likeness (QED) is 0.512. The summed E-state index contributed by atoms with van der Waals surface area (Å²) in [6.45, 7) is 0. The van der Waals surface area contributed by atoms with E-state index in [4.69, 9.17) is 5.73 Å². The summed E-state index contributed by atoms with van der Waals surface area (Å²) < 4.78 is 0. The Morgan fingerprint density at radius 3 is 2.12 bits per heavy atom. The van der Waals surface area contributed by atoms with Gasteiger partial charge in [-0.3, -0.25) is 0 Å². The predicted molar refractivity (Wildman–Crippen MR) is 105 cm³/mol. The largest absolute Gasteiger partial charge is 0.391 e.